The average molecular weight is 356 g/mol. The van der Waals surface area contributed by atoms with Crippen LogP contribution in [0.1, 0.15) is 33.3 Å². The summed E-state index contributed by atoms with van der Waals surface area (Å²) in [5, 5.41) is 6.03. The smallest absolute Gasteiger partial charge is 0.238 e. The number of ether oxygens (including phenoxy) is 2. The molecule has 2 N–H and O–H groups in total. The minimum atomic E-state index is -0.107. The number of carbonyl (C=O) groups excluding carboxylic acids is 1. The minimum absolute atomic E-state index is 0.0498. The van der Waals surface area contributed by atoms with Gasteiger partial charge in [-0.05, 0) is 57.5 Å². The lowest BCUT2D eigenvalue weighted by Crippen LogP contribution is -2.28. The first-order valence-corrected chi connectivity index (χ1v) is 8.96. The van der Waals surface area contributed by atoms with Gasteiger partial charge >= 0.3 is 0 Å². The van der Waals surface area contributed by atoms with Crippen LogP contribution in [0.15, 0.2) is 48.5 Å². The van der Waals surface area contributed by atoms with Crippen molar-refractivity contribution in [2.45, 2.75) is 46.4 Å². The zero-order chi connectivity index (χ0) is 18.9. The molecule has 0 unspecified atom stereocenters. The second kappa shape index (κ2) is 9.82. The van der Waals surface area contributed by atoms with Crippen LogP contribution in [0, 0.1) is 0 Å². The van der Waals surface area contributed by atoms with Gasteiger partial charge in [0.05, 0.1) is 24.4 Å². The Morgan fingerprint density at radius 1 is 0.923 bits per heavy atom. The highest BCUT2D eigenvalue weighted by Crippen LogP contribution is 2.24. The maximum absolute atomic E-state index is 12.2. The maximum atomic E-state index is 12.2. The van der Waals surface area contributed by atoms with Crippen molar-refractivity contribution in [3.8, 4) is 11.5 Å². The van der Waals surface area contributed by atoms with Crippen LogP contribution < -0.4 is 20.1 Å². The van der Waals surface area contributed by atoms with Gasteiger partial charge in [-0.2, -0.15) is 0 Å². The lowest BCUT2D eigenvalue weighted by molar-refractivity contribution is -0.115. The molecule has 0 aliphatic carbocycles. The molecule has 0 saturated heterocycles. The summed E-state index contributed by atoms with van der Waals surface area (Å²) in [6, 6.07) is 15.3. The summed E-state index contributed by atoms with van der Waals surface area (Å²) in [5.41, 5.74) is 1.78. The van der Waals surface area contributed by atoms with E-state index in [4.69, 9.17) is 9.47 Å². The molecule has 0 saturated carbocycles. The summed E-state index contributed by atoms with van der Waals surface area (Å²) in [4.78, 5) is 12.2. The van der Waals surface area contributed by atoms with Crippen LogP contribution in [0.4, 0.5) is 5.69 Å². The van der Waals surface area contributed by atoms with Gasteiger partial charge in [-0.15, -0.1) is 0 Å². The van der Waals surface area contributed by atoms with Crippen molar-refractivity contribution in [2.75, 3.05) is 11.9 Å². The third-order valence-electron chi connectivity index (χ3n) is 3.43. The zero-order valence-corrected chi connectivity index (χ0v) is 15.9. The fourth-order valence-electron chi connectivity index (χ4n) is 2.40. The SMILES string of the molecule is CC(C)Oc1ccc(CNCC(=O)Nc2ccccc2OC(C)C)cc1. The summed E-state index contributed by atoms with van der Waals surface area (Å²) in [6.07, 6.45) is 0.207. The van der Waals surface area contributed by atoms with E-state index in [2.05, 4.69) is 10.6 Å². The van der Waals surface area contributed by atoms with E-state index in [1.54, 1.807) is 0 Å². The number of hydrogen-bond donors (Lipinski definition) is 2. The first kappa shape index (κ1) is 19.8. The lowest BCUT2D eigenvalue weighted by atomic mass is 10.2. The third-order valence-corrected chi connectivity index (χ3v) is 3.43. The molecule has 2 aromatic carbocycles. The van der Waals surface area contributed by atoms with Crippen molar-refractivity contribution in [3.05, 3.63) is 54.1 Å². The molecule has 0 fully saturated rings. The van der Waals surface area contributed by atoms with Gasteiger partial charge < -0.3 is 20.1 Å². The first-order valence-electron chi connectivity index (χ1n) is 8.96. The van der Waals surface area contributed by atoms with Gasteiger partial charge in [0.1, 0.15) is 11.5 Å². The van der Waals surface area contributed by atoms with Gasteiger partial charge in [0.15, 0.2) is 0 Å². The number of hydrogen-bond acceptors (Lipinski definition) is 4. The van der Waals surface area contributed by atoms with Crippen molar-refractivity contribution in [1.82, 2.24) is 5.32 Å². The molecule has 2 aromatic rings. The van der Waals surface area contributed by atoms with E-state index in [0.29, 0.717) is 18.0 Å². The fraction of sp³-hybridized carbons (Fsp3) is 0.381. The van der Waals surface area contributed by atoms with Crippen molar-refractivity contribution in [2.24, 2.45) is 0 Å². The molecule has 0 aliphatic rings. The molecule has 0 spiro atoms. The fourth-order valence-corrected chi connectivity index (χ4v) is 2.40. The zero-order valence-electron chi connectivity index (χ0n) is 15.9. The second-order valence-electron chi connectivity index (χ2n) is 6.63. The number of rotatable bonds is 9. The number of anilines is 1. The molecule has 0 radical (unpaired) electrons. The molecule has 5 nitrogen and oxygen atoms in total. The van der Waals surface area contributed by atoms with E-state index in [-0.39, 0.29) is 24.7 Å². The van der Waals surface area contributed by atoms with Gasteiger partial charge in [0.25, 0.3) is 0 Å². The number of para-hydroxylation sites is 2. The van der Waals surface area contributed by atoms with Crippen LogP contribution in [0.3, 0.4) is 0 Å². The van der Waals surface area contributed by atoms with Gasteiger partial charge in [-0.1, -0.05) is 24.3 Å². The van der Waals surface area contributed by atoms with Gasteiger partial charge in [-0.3, -0.25) is 4.79 Å². The Hall–Kier alpha value is -2.53. The second-order valence-corrected chi connectivity index (χ2v) is 6.63. The topological polar surface area (TPSA) is 59.6 Å². The normalized spacial score (nSPS) is 10.8. The molecule has 0 atom stereocenters. The van der Waals surface area contributed by atoms with Crippen LogP contribution >= 0.6 is 0 Å². The van der Waals surface area contributed by atoms with Crippen LogP contribution in [-0.4, -0.2) is 24.7 Å². The minimum Gasteiger partial charge on any atom is -0.491 e. The molecule has 26 heavy (non-hydrogen) atoms. The molecule has 1 amide bonds. The number of benzene rings is 2. The summed E-state index contributed by atoms with van der Waals surface area (Å²) < 4.78 is 11.3. The molecule has 0 heterocycles. The molecular weight excluding hydrogens is 328 g/mol. The van der Waals surface area contributed by atoms with Crippen molar-refractivity contribution < 1.29 is 14.3 Å². The Labute approximate surface area is 155 Å². The van der Waals surface area contributed by atoms with Crippen LogP contribution in [0.25, 0.3) is 0 Å². The maximum Gasteiger partial charge on any atom is 0.238 e. The molecule has 140 valence electrons. The molecule has 5 heteroatoms. The predicted octanol–water partition coefficient (Wildman–Crippen LogP) is 3.99. The highest BCUT2D eigenvalue weighted by atomic mass is 16.5. The average Bonchev–Trinajstić information content (AvgIpc) is 2.57. The Morgan fingerprint density at radius 3 is 2.23 bits per heavy atom. The van der Waals surface area contributed by atoms with E-state index in [1.807, 2.05) is 76.2 Å². The summed E-state index contributed by atoms with van der Waals surface area (Å²) in [6.45, 7) is 8.74. The Balaban J connectivity index is 1.80. The van der Waals surface area contributed by atoms with E-state index >= 15 is 0 Å². The molecule has 2 rings (SSSR count). The first-order chi connectivity index (χ1) is 12.4. The van der Waals surface area contributed by atoms with Crippen LogP contribution in [0.5, 0.6) is 11.5 Å². The largest absolute Gasteiger partial charge is 0.491 e. The summed E-state index contributed by atoms with van der Waals surface area (Å²) in [7, 11) is 0. The monoisotopic (exact) mass is 356 g/mol. The molecule has 0 bridgehead atoms. The van der Waals surface area contributed by atoms with Crippen molar-refractivity contribution >= 4 is 11.6 Å². The van der Waals surface area contributed by atoms with E-state index in [9.17, 15) is 4.79 Å². The third kappa shape index (κ3) is 6.76. The molecular formula is C21H28N2O3. The standard InChI is InChI=1S/C21H28N2O3/c1-15(2)25-18-11-9-17(10-12-18)13-22-14-21(24)23-19-7-5-6-8-20(19)26-16(3)4/h5-12,15-16,22H,13-14H2,1-4H3,(H,23,24). The van der Waals surface area contributed by atoms with Crippen LogP contribution in [-0.2, 0) is 11.3 Å². The van der Waals surface area contributed by atoms with Gasteiger partial charge in [0, 0.05) is 6.54 Å². The quantitative estimate of drug-likeness (QED) is 0.713. The van der Waals surface area contributed by atoms with Crippen LogP contribution in [0.2, 0.25) is 0 Å². The van der Waals surface area contributed by atoms with E-state index in [0.717, 1.165) is 11.3 Å². The summed E-state index contributed by atoms with van der Waals surface area (Å²) in [5.74, 6) is 1.42. The number of amides is 1. The Morgan fingerprint density at radius 2 is 1.58 bits per heavy atom. The van der Waals surface area contributed by atoms with Crippen molar-refractivity contribution in [3.63, 3.8) is 0 Å². The number of nitrogens with one attached hydrogen (secondary N) is 2. The highest BCUT2D eigenvalue weighted by molar-refractivity contribution is 5.93. The van der Waals surface area contributed by atoms with E-state index in [1.165, 1.54) is 0 Å². The van der Waals surface area contributed by atoms with Crippen molar-refractivity contribution in [1.29, 1.82) is 0 Å². The summed E-state index contributed by atoms with van der Waals surface area (Å²) >= 11 is 0. The molecule has 0 aromatic heterocycles. The Kier molecular flexibility index (Phi) is 7.48. The molecule has 0 aliphatic heterocycles. The van der Waals surface area contributed by atoms with Gasteiger partial charge in [0.2, 0.25) is 5.91 Å². The Bertz CT molecular complexity index is 697. The highest BCUT2D eigenvalue weighted by Gasteiger charge is 2.08. The number of carbonyl (C=O) groups is 1. The lowest BCUT2D eigenvalue weighted by Gasteiger charge is -2.15. The predicted molar refractivity (Wildman–Crippen MR) is 105 cm³/mol. The van der Waals surface area contributed by atoms with Gasteiger partial charge in [-0.25, -0.2) is 0 Å². The van der Waals surface area contributed by atoms with E-state index < -0.39 is 0 Å².